The maximum Gasteiger partial charge on any atom is 0.0409 e. The summed E-state index contributed by atoms with van der Waals surface area (Å²) >= 11 is 1.62. The average molecular weight is 155 g/mol. The maximum atomic E-state index is 4.07. The molecule has 10 heavy (non-hydrogen) atoms. The van der Waals surface area contributed by atoms with Gasteiger partial charge in [-0.3, -0.25) is 0 Å². The summed E-state index contributed by atoms with van der Waals surface area (Å²) in [6.45, 7) is 4.48. The molecule has 1 aromatic rings. The molecule has 0 aliphatic carbocycles. The standard InChI is InChI=1S/C8H13NS/c1-3-4-7(2)8-5-6-9-10-8/h5-7H,3-4H2,1-2H3. The van der Waals surface area contributed by atoms with Gasteiger partial charge in [0.1, 0.15) is 0 Å². The lowest BCUT2D eigenvalue weighted by Crippen LogP contribution is -1.87. The largest absolute Gasteiger partial charge is 0.201 e. The zero-order valence-corrected chi connectivity index (χ0v) is 7.32. The van der Waals surface area contributed by atoms with Crippen LogP contribution in [0.3, 0.4) is 0 Å². The first-order valence-electron chi connectivity index (χ1n) is 3.75. The van der Waals surface area contributed by atoms with Crippen LogP contribution < -0.4 is 0 Å². The second kappa shape index (κ2) is 3.71. The minimum absolute atomic E-state index is 0.706. The molecule has 1 rings (SSSR count). The van der Waals surface area contributed by atoms with Crippen LogP contribution in [0.15, 0.2) is 12.3 Å². The van der Waals surface area contributed by atoms with Gasteiger partial charge in [0.2, 0.25) is 0 Å². The third kappa shape index (κ3) is 1.81. The van der Waals surface area contributed by atoms with E-state index in [1.807, 2.05) is 6.20 Å². The molecular formula is C8H13NS. The van der Waals surface area contributed by atoms with Crippen molar-refractivity contribution in [2.45, 2.75) is 32.6 Å². The van der Waals surface area contributed by atoms with Gasteiger partial charge in [0.25, 0.3) is 0 Å². The number of hydrogen-bond donors (Lipinski definition) is 0. The molecule has 1 atom stereocenters. The first kappa shape index (κ1) is 7.73. The van der Waals surface area contributed by atoms with Crippen LogP contribution in [-0.2, 0) is 0 Å². The molecule has 0 aliphatic heterocycles. The zero-order valence-electron chi connectivity index (χ0n) is 6.50. The first-order valence-corrected chi connectivity index (χ1v) is 4.52. The predicted octanol–water partition coefficient (Wildman–Crippen LogP) is 3.05. The van der Waals surface area contributed by atoms with E-state index in [1.54, 1.807) is 11.5 Å². The Kier molecular flexibility index (Phi) is 2.87. The smallest absolute Gasteiger partial charge is 0.0409 e. The van der Waals surface area contributed by atoms with Gasteiger partial charge in [-0.2, -0.15) is 0 Å². The molecule has 1 nitrogen and oxygen atoms in total. The lowest BCUT2D eigenvalue weighted by atomic mass is 10.1. The molecule has 2 heteroatoms. The van der Waals surface area contributed by atoms with Crippen molar-refractivity contribution in [1.29, 1.82) is 0 Å². The molecule has 0 bridgehead atoms. The van der Waals surface area contributed by atoms with Crippen molar-refractivity contribution in [3.05, 3.63) is 17.1 Å². The fourth-order valence-corrected chi connectivity index (χ4v) is 1.72. The highest BCUT2D eigenvalue weighted by atomic mass is 32.1. The summed E-state index contributed by atoms with van der Waals surface area (Å²) in [5.41, 5.74) is 0. The highest BCUT2D eigenvalue weighted by molar-refractivity contribution is 7.05. The molecular weight excluding hydrogens is 142 g/mol. The highest BCUT2D eigenvalue weighted by Crippen LogP contribution is 2.22. The van der Waals surface area contributed by atoms with Crippen molar-refractivity contribution >= 4 is 11.5 Å². The Morgan fingerprint density at radius 3 is 3.00 bits per heavy atom. The Hall–Kier alpha value is -0.370. The second-order valence-electron chi connectivity index (χ2n) is 2.60. The normalized spacial score (nSPS) is 13.4. The molecule has 0 fully saturated rings. The summed E-state index contributed by atoms with van der Waals surface area (Å²) in [5.74, 6) is 0.706. The van der Waals surface area contributed by atoms with Gasteiger partial charge in [-0.15, -0.1) is 0 Å². The van der Waals surface area contributed by atoms with Gasteiger partial charge < -0.3 is 0 Å². The fourth-order valence-electron chi connectivity index (χ4n) is 1.06. The Morgan fingerprint density at radius 2 is 2.50 bits per heavy atom. The van der Waals surface area contributed by atoms with E-state index in [4.69, 9.17) is 0 Å². The Labute approximate surface area is 66.3 Å². The van der Waals surface area contributed by atoms with E-state index < -0.39 is 0 Å². The van der Waals surface area contributed by atoms with Gasteiger partial charge in [-0.25, -0.2) is 4.37 Å². The van der Waals surface area contributed by atoms with Crippen molar-refractivity contribution in [2.75, 3.05) is 0 Å². The number of aromatic nitrogens is 1. The van der Waals surface area contributed by atoms with E-state index >= 15 is 0 Å². The molecule has 0 N–H and O–H groups in total. The van der Waals surface area contributed by atoms with Crippen molar-refractivity contribution in [1.82, 2.24) is 4.37 Å². The number of rotatable bonds is 3. The Morgan fingerprint density at radius 1 is 1.70 bits per heavy atom. The Balaban J connectivity index is 2.50. The van der Waals surface area contributed by atoms with Crippen molar-refractivity contribution < 1.29 is 0 Å². The molecule has 0 radical (unpaired) electrons. The van der Waals surface area contributed by atoms with Crippen LogP contribution in [0.25, 0.3) is 0 Å². The molecule has 0 aromatic carbocycles. The van der Waals surface area contributed by atoms with E-state index in [2.05, 4.69) is 24.3 Å². The quantitative estimate of drug-likeness (QED) is 0.653. The molecule has 1 heterocycles. The van der Waals surface area contributed by atoms with Gasteiger partial charge in [0.15, 0.2) is 0 Å². The summed E-state index contributed by atoms with van der Waals surface area (Å²) < 4.78 is 4.07. The van der Waals surface area contributed by atoms with E-state index in [9.17, 15) is 0 Å². The third-order valence-electron chi connectivity index (χ3n) is 1.67. The van der Waals surface area contributed by atoms with Crippen LogP contribution in [0.5, 0.6) is 0 Å². The SMILES string of the molecule is CCCC(C)c1ccns1. The summed E-state index contributed by atoms with van der Waals surface area (Å²) in [4.78, 5) is 1.42. The molecule has 0 amide bonds. The van der Waals surface area contributed by atoms with Gasteiger partial charge in [0.05, 0.1) is 0 Å². The average Bonchev–Trinajstić information content (AvgIpc) is 2.38. The summed E-state index contributed by atoms with van der Waals surface area (Å²) in [7, 11) is 0. The van der Waals surface area contributed by atoms with Gasteiger partial charge in [0, 0.05) is 11.1 Å². The first-order chi connectivity index (χ1) is 4.84. The highest BCUT2D eigenvalue weighted by Gasteiger charge is 2.04. The third-order valence-corrected chi connectivity index (χ3v) is 2.64. The van der Waals surface area contributed by atoms with Crippen molar-refractivity contribution in [3.63, 3.8) is 0 Å². The molecule has 1 unspecified atom stereocenters. The van der Waals surface area contributed by atoms with Gasteiger partial charge >= 0.3 is 0 Å². The molecule has 0 spiro atoms. The Bertz CT molecular complexity index is 169. The van der Waals surface area contributed by atoms with E-state index in [-0.39, 0.29) is 0 Å². The van der Waals surface area contributed by atoms with Crippen LogP contribution in [-0.4, -0.2) is 4.37 Å². The van der Waals surface area contributed by atoms with Gasteiger partial charge in [-0.05, 0) is 29.9 Å². The summed E-state index contributed by atoms with van der Waals surface area (Å²) in [5, 5.41) is 0. The molecule has 1 aromatic heterocycles. The minimum Gasteiger partial charge on any atom is -0.201 e. The molecule has 0 saturated heterocycles. The van der Waals surface area contributed by atoms with Crippen LogP contribution in [0.2, 0.25) is 0 Å². The molecule has 56 valence electrons. The fraction of sp³-hybridized carbons (Fsp3) is 0.625. The predicted molar refractivity (Wildman–Crippen MR) is 45.4 cm³/mol. The number of hydrogen-bond acceptors (Lipinski definition) is 2. The van der Waals surface area contributed by atoms with Gasteiger partial charge in [-0.1, -0.05) is 20.3 Å². The monoisotopic (exact) mass is 155 g/mol. The van der Waals surface area contributed by atoms with Crippen molar-refractivity contribution in [3.8, 4) is 0 Å². The molecule has 0 saturated carbocycles. The van der Waals surface area contributed by atoms with E-state index in [0.29, 0.717) is 5.92 Å². The topological polar surface area (TPSA) is 12.9 Å². The van der Waals surface area contributed by atoms with Crippen LogP contribution in [0.4, 0.5) is 0 Å². The molecule has 0 aliphatic rings. The summed E-state index contributed by atoms with van der Waals surface area (Å²) in [6, 6.07) is 2.12. The zero-order chi connectivity index (χ0) is 7.40. The second-order valence-corrected chi connectivity index (χ2v) is 3.47. The summed E-state index contributed by atoms with van der Waals surface area (Å²) in [6.07, 6.45) is 4.42. The van der Waals surface area contributed by atoms with E-state index in [0.717, 1.165) is 0 Å². The minimum atomic E-state index is 0.706. The lowest BCUT2D eigenvalue weighted by molar-refractivity contribution is 0.675. The van der Waals surface area contributed by atoms with Crippen LogP contribution in [0.1, 0.15) is 37.5 Å². The number of nitrogens with zero attached hydrogens (tertiary/aromatic N) is 1. The van der Waals surface area contributed by atoms with Crippen LogP contribution >= 0.6 is 11.5 Å². The van der Waals surface area contributed by atoms with Crippen molar-refractivity contribution in [2.24, 2.45) is 0 Å². The lowest BCUT2D eigenvalue weighted by Gasteiger charge is -2.04. The van der Waals surface area contributed by atoms with Crippen LogP contribution in [0, 0.1) is 0 Å². The maximum absolute atomic E-state index is 4.07. The van der Waals surface area contributed by atoms with E-state index in [1.165, 1.54) is 17.7 Å².